The fourth-order valence-electron chi connectivity index (χ4n) is 1.68. The average molecular weight is 207 g/mol. The van der Waals surface area contributed by atoms with Crippen LogP contribution in [0, 0.1) is 0 Å². The van der Waals surface area contributed by atoms with E-state index in [1.807, 2.05) is 25.1 Å². The van der Waals surface area contributed by atoms with Gasteiger partial charge in [0, 0.05) is 5.54 Å². The predicted molar refractivity (Wildman–Crippen MR) is 59.3 cm³/mol. The first kappa shape index (κ1) is 10.3. The van der Waals surface area contributed by atoms with Crippen LogP contribution in [-0.4, -0.2) is 13.7 Å². The van der Waals surface area contributed by atoms with Crippen molar-refractivity contribution in [2.45, 2.75) is 25.3 Å². The van der Waals surface area contributed by atoms with Crippen molar-refractivity contribution in [1.82, 2.24) is 0 Å². The Labute approximate surface area is 90.2 Å². The number of hydrogen-bond donors (Lipinski definition) is 1. The quantitative estimate of drug-likeness (QED) is 0.821. The molecule has 1 aromatic carbocycles. The van der Waals surface area contributed by atoms with Crippen molar-refractivity contribution in [1.29, 1.82) is 0 Å². The summed E-state index contributed by atoms with van der Waals surface area (Å²) < 4.78 is 10.7. The highest BCUT2D eigenvalue weighted by atomic mass is 16.5. The van der Waals surface area contributed by atoms with Crippen LogP contribution in [-0.2, 0) is 5.54 Å². The second-order valence-corrected chi connectivity index (χ2v) is 3.95. The molecule has 1 aliphatic carbocycles. The summed E-state index contributed by atoms with van der Waals surface area (Å²) in [7, 11) is 1.65. The van der Waals surface area contributed by atoms with E-state index >= 15 is 0 Å². The van der Waals surface area contributed by atoms with E-state index < -0.39 is 0 Å². The van der Waals surface area contributed by atoms with E-state index in [0.717, 1.165) is 29.9 Å². The Morgan fingerprint density at radius 3 is 2.60 bits per heavy atom. The normalized spacial score (nSPS) is 17.3. The van der Waals surface area contributed by atoms with Gasteiger partial charge in [-0.25, -0.2) is 0 Å². The third-order valence-corrected chi connectivity index (χ3v) is 2.83. The van der Waals surface area contributed by atoms with Gasteiger partial charge < -0.3 is 15.2 Å². The molecule has 3 heteroatoms. The topological polar surface area (TPSA) is 44.5 Å². The highest BCUT2D eigenvalue weighted by molar-refractivity contribution is 5.46. The van der Waals surface area contributed by atoms with Gasteiger partial charge in [0.1, 0.15) is 0 Å². The summed E-state index contributed by atoms with van der Waals surface area (Å²) in [5.74, 6) is 1.55. The van der Waals surface area contributed by atoms with E-state index in [1.165, 1.54) is 0 Å². The Balaban J connectivity index is 2.32. The third kappa shape index (κ3) is 1.92. The molecule has 1 aromatic rings. The van der Waals surface area contributed by atoms with Crippen LogP contribution in [0.25, 0.3) is 0 Å². The standard InChI is InChI=1S/C12H17NO2/c1-3-15-11-8-9(12(13)6-7-12)4-5-10(11)14-2/h4-5,8H,3,6-7,13H2,1-2H3. The second kappa shape index (κ2) is 3.74. The van der Waals surface area contributed by atoms with E-state index in [9.17, 15) is 0 Å². The number of rotatable bonds is 4. The zero-order valence-electron chi connectivity index (χ0n) is 9.25. The molecular weight excluding hydrogens is 190 g/mol. The fraction of sp³-hybridized carbons (Fsp3) is 0.500. The van der Waals surface area contributed by atoms with Gasteiger partial charge in [-0.05, 0) is 37.5 Å². The van der Waals surface area contributed by atoms with Crippen LogP contribution in [0.1, 0.15) is 25.3 Å². The van der Waals surface area contributed by atoms with Crippen molar-refractivity contribution < 1.29 is 9.47 Å². The van der Waals surface area contributed by atoms with E-state index in [1.54, 1.807) is 7.11 Å². The Bertz CT molecular complexity index is 359. The van der Waals surface area contributed by atoms with Crippen LogP contribution in [0.4, 0.5) is 0 Å². The Hall–Kier alpha value is -1.22. The molecule has 1 saturated carbocycles. The summed E-state index contributed by atoms with van der Waals surface area (Å²) in [5, 5.41) is 0. The molecule has 1 aliphatic rings. The van der Waals surface area contributed by atoms with Gasteiger partial charge >= 0.3 is 0 Å². The molecule has 0 heterocycles. The van der Waals surface area contributed by atoms with Gasteiger partial charge in [-0.2, -0.15) is 0 Å². The number of nitrogens with two attached hydrogens (primary N) is 1. The number of hydrogen-bond acceptors (Lipinski definition) is 3. The van der Waals surface area contributed by atoms with Gasteiger partial charge in [0.25, 0.3) is 0 Å². The molecule has 0 saturated heterocycles. The minimum absolute atomic E-state index is 0.113. The molecule has 0 aromatic heterocycles. The second-order valence-electron chi connectivity index (χ2n) is 3.95. The first-order valence-electron chi connectivity index (χ1n) is 5.30. The molecule has 2 N–H and O–H groups in total. The minimum atomic E-state index is -0.113. The lowest BCUT2D eigenvalue weighted by Gasteiger charge is -2.14. The minimum Gasteiger partial charge on any atom is -0.493 e. The van der Waals surface area contributed by atoms with Crippen molar-refractivity contribution in [3.8, 4) is 11.5 Å². The van der Waals surface area contributed by atoms with Gasteiger partial charge in [0.15, 0.2) is 11.5 Å². The molecule has 15 heavy (non-hydrogen) atoms. The lowest BCUT2D eigenvalue weighted by molar-refractivity contribution is 0.310. The summed E-state index contributed by atoms with van der Waals surface area (Å²) in [5.41, 5.74) is 7.16. The van der Waals surface area contributed by atoms with Gasteiger partial charge in [-0.3, -0.25) is 0 Å². The van der Waals surface area contributed by atoms with Crippen LogP contribution < -0.4 is 15.2 Å². The molecule has 0 radical (unpaired) electrons. The predicted octanol–water partition coefficient (Wildman–Crippen LogP) is 2.04. The van der Waals surface area contributed by atoms with Crippen LogP contribution in [0.5, 0.6) is 11.5 Å². The molecule has 0 bridgehead atoms. The average Bonchev–Trinajstić information content (AvgIpc) is 2.98. The lowest BCUT2D eigenvalue weighted by Crippen LogP contribution is -2.18. The van der Waals surface area contributed by atoms with Crippen molar-refractivity contribution in [2.24, 2.45) is 5.73 Å². The summed E-state index contributed by atoms with van der Waals surface area (Å²) in [6.45, 7) is 2.60. The first-order chi connectivity index (χ1) is 7.19. The van der Waals surface area contributed by atoms with Crippen LogP contribution in [0.3, 0.4) is 0 Å². The highest BCUT2D eigenvalue weighted by Crippen LogP contribution is 2.44. The maximum atomic E-state index is 6.13. The molecule has 0 aliphatic heterocycles. The van der Waals surface area contributed by atoms with Crippen LogP contribution in [0.15, 0.2) is 18.2 Å². The Morgan fingerprint density at radius 1 is 1.33 bits per heavy atom. The molecule has 0 spiro atoms. The summed E-state index contributed by atoms with van der Waals surface area (Å²) in [6.07, 6.45) is 2.12. The number of methoxy groups -OCH3 is 1. The number of ether oxygens (including phenoxy) is 2. The monoisotopic (exact) mass is 207 g/mol. The van der Waals surface area contributed by atoms with Gasteiger partial charge in [0.05, 0.1) is 13.7 Å². The third-order valence-electron chi connectivity index (χ3n) is 2.83. The molecule has 82 valence electrons. The SMILES string of the molecule is CCOc1cc(C2(N)CC2)ccc1OC. The summed E-state index contributed by atoms with van der Waals surface area (Å²) in [6, 6.07) is 5.94. The van der Waals surface area contributed by atoms with Crippen molar-refractivity contribution >= 4 is 0 Å². The van der Waals surface area contributed by atoms with Gasteiger partial charge in [0.2, 0.25) is 0 Å². The fourth-order valence-corrected chi connectivity index (χ4v) is 1.68. The molecule has 0 unspecified atom stereocenters. The molecule has 3 nitrogen and oxygen atoms in total. The Kier molecular flexibility index (Phi) is 2.57. The van der Waals surface area contributed by atoms with Gasteiger partial charge in [-0.15, -0.1) is 0 Å². The summed E-state index contributed by atoms with van der Waals surface area (Å²) >= 11 is 0. The van der Waals surface area contributed by atoms with Crippen LogP contribution >= 0.6 is 0 Å². The Morgan fingerprint density at radius 2 is 2.07 bits per heavy atom. The molecule has 0 atom stereocenters. The first-order valence-corrected chi connectivity index (χ1v) is 5.30. The summed E-state index contributed by atoms with van der Waals surface area (Å²) in [4.78, 5) is 0. The van der Waals surface area contributed by atoms with Crippen molar-refractivity contribution in [3.05, 3.63) is 23.8 Å². The zero-order valence-corrected chi connectivity index (χ0v) is 9.25. The van der Waals surface area contributed by atoms with E-state index in [4.69, 9.17) is 15.2 Å². The largest absolute Gasteiger partial charge is 0.493 e. The molecule has 1 fully saturated rings. The van der Waals surface area contributed by atoms with Crippen LogP contribution in [0.2, 0.25) is 0 Å². The maximum Gasteiger partial charge on any atom is 0.161 e. The van der Waals surface area contributed by atoms with E-state index in [-0.39, 0.29) is 5.54 Å². The highest BCUT2D eigenvalue weighted by Gasteiger charge is 2.40. The zero-order chi connectivity index (χ0) is 10.9. The maximum absolute atomic E-state index is 6.13. The smallest absolute Gasteiger partial charge is 0.161 e. The van der Waals surface area contributed by atoms with Crippen molar-refractivity contribution in [3.63, 3.8) is 0 Å². The molecule has 0 amide bonds. The number of benzene rings is 1. The van der Waals surface area contributed by atoms with E-state index in [2.05, 4.69) is 0 Å². The van der Waals surface area contributed by atoms with E-state index in [0.29, 0.717) is 6.61 Å². The molecule has 2 rings (SSSR count). The lowest BCUT2D eigenvalue weighted by atomic mass is 10.1. The molecular formula is C12H17NO2. The van der Waals surface area contributed by atoms with Crippen molar-refractivity contribution in [2.75, 3.05) is 13.7 Å². The van der Waals surface area contributed by atoms with Gasteiger partial charge in [-0.1, -0.05) is 6.07 Å².